The SMILES string of the molecule is Cc1cccc(-c2cnn(CCS(C)(=O)=O)c2)c1. The third-order valence-electron chi connectivity index (χ3n) is 2.68. The van der Waals surface area contributed by atoms with Gasteiger partial charge in [-0.15, -0.1) is 0 Å². The minimum absolute atomic E-state index is 0.113. The van der Waals surface area contributed by atoms with Gasteiger partial charge in [-0.25, -0.2) is 8.42 Å². The summed E-state index contributed by atoms with van der Waals surface area (Å²) < 4.78 is 23.8. The number of hydrogen-bond acceptors (Lipinski definition) is 3. The molecule has 0 amide bonds. The van der Waals surface area contributed by atoms with Crippen LogP contribution in [0.3, 0.4) is 0 Å². The first-order valence-corrected chi connectivity index (χ1v) is 7.77. The van der Waals surface area contributed by atoms with Crippen molar-refractivity contribution in [3.63, 3.8) is 0 Å². The predicted octanol–water partition coefficient (Wildman–Crippen LogP) is 1.90. The van der Waals surface area contributed by atoms with Crippen molar-refractivity contribution >= 4 is 9.84 Å². The normalized spacial score (nSPS) is 11.7. The molecule has 2 aromatic rings. The van der Waals surface area contributed by atoms with E-state index in [1.54, 1.807) is 10.9 Å². The summed E-state index contributed by atoms with van der Waals surface area (Å²) in [5, 5.41) is 4.18. The predicted molar refractivity (Wildman–Crippen MR) is 72.1 cm³/mol. The lowest BCUT2D eigenvalue weighted by molar-refractivity contribution is 0.586. The lowest BCUT2D eigenvalue weighted by atomic mass is 10.1. The Bertz CT molecular complexity index is 645. The van der Waals surface area contributed by atoms with E-state index < -0.39 is 9.84 Å². The summed E-state index contributed by atoms with van der Waals surface area (Å²) in [7, 11) is -2.95. The summed E-state index contributed by atoms with van der Waals surface area (Å²) in [6, 6.07) is 8.14. The molecule has 1 heterocycles. The van der Waals surface area contributed by atoms with Crippen LogP contribution < -0.4 is 0 Å². The van der Waals surface area contributed by atoms with Crippen molar-refractivity contribution in [2.24, 2.45) is 0 Å². The minimum Gasteiger partial charge on any atom is -0.271 e. The molecule has 0 saturated carbocycles. The van der Waals surface area contributed by atoms with Crippen molar-refractivity contribution in [1.82, 2.24) is 9.78 Å². The number of sulfone groups is 1. The molecule has 0 N–H and O–H groups in total. The molecule has 0 fully saturated rings. The zero-order valence-corrected chi connectivity index (χ0v) is 11.3. The average molecular weight is 264 g/mol. The molecule has 0 bridgehead atoms. The first-order valence-electron chi connectivity index (χ1n) is 5.71. The number of aromatic nitrogens is 2. The van der Waals surface area contributed by atoms with Crippen LogP contribution in [0.1, 0.15) is 5.56 Å². The standard InChI is InChI=1S/C13H16N2O2S/c1-11-4-3-5-12(8-11)13-9-14-15(10-13)6-7-18(2,16)17/h3-5,8-10H,6-7H2,1-2H3. The van der Waals surface area contributed by atoms with E-state index in [9.17, 15) is 8.42 Å². The topological polar surface area (TPSA) is 52.0 Å². The maximum atomic E-state index is 11.1. The van der Waals surface area contributed by atoms with Gasteiger partial charge in [0, 0.05) is 18.0 Å². The second-order valence-corrected chi connectivity index (χ2v) is 6.75. The molecule has 1 aromatic heterocycles. The molecule has 96 valence electrons. The van der Waals surface area contributed by atoms with Crippen molar-refractivity contribution < 1.29 is 8.42 Å². The molecule has 0 aliphatic carbocycles. The van der Waals surface area contributed by atoms with Crippen LogP contribution in [-0.2, 0) is 16.4 Å². The van der Waals surface area contributed by atoms with Gasteiger partial charge in [0.2, 0.25) is 0 Å². The van der Waals surface area contributed by atoms with Gasteiger partial charge in [-0.2, -0.15) is 5.10 Å². The Balaban J connectivity index is 2.16. The Morgan fingerprint density at radius 1 is 1.28 bits per heavy atom. The summed E-state index contributed by atoms with van der Waals surface area (Å²) in [6.45, 7) is 2.43. The van der Waals surface area contributed by atoms with Gasteiger partial charge >= 0.3 is 0 Å². The smallest absolute Gasteiger partial charge is 0.149 e. The van der Waals surface area contributed by atoms with Crippen molar-refractivity contribution in [3.05, 3.63) is 42.2 Å². The lowest BCUT2D eigenvalue weighted by Gasteiger charge is -2.00. The fourth-order valence-electron chi connectivity index (χ4n) is 1.72. The summed E-state index contributed by atoms with van der Waals surface area (Å²) in [6.07, 6.45) is 4.87. The third-order valence-corrected chi connectivity index (χ3v) is 3.60. The second kappa shape index (κ2) is 4.94. The Morgan fingerprint density at radius 2 is 2.06 bits per heavy atom. The van der Waals surface area contributed by atoms with E-state index in [0.717, 1.165) is 11.1 Å². The van der Waals surface area contributed by atoms with E-state index in [0.29, 0.717) is 6.54 Å². The molecule has 5 heteroatoms. The molecule has 0 aliphatic heterocycles. The van der Waals surface area contributed by atoms with E-state index in [1.807, 2.05) is 31.3 Å². The fourth-order valence-corrected chi connectivity index (χ4v) is 2.24. The van der Waals surface area contributed by atoms with Crippen LogP contribution in [0.2, 0.25) is 0 Å². The van der Waals surface area contributed by atoms with Gasteiger partial charge in [-0.1, -0.05) is 29.8 Å². The molecular weight excluding hydrogens is 248 g/mol. The van der Waals surface area contributed by atoms with Crippen LogP contribution in [0.15, 0.2) is 36.7 Å². The molecule has 0 radical (unpaired) electrons. The average Bonchev–Trinajstić information content (AvgIpc) is 2.74. The van der Waals surface area contributed by atoms with Crippen LogP contribution >= 0.6 is 0 Å². The summed E-state index contributed by atoms with van der Waals surface area (Å²) in [5.74, 6) is 0.113. The zero-order valence-electron chi connectivity index (χ0n) is 10.5. The van der Waals surface area contributed by atoms with Crippen LogP contribution in [0.4, 0.5) is 0 Å². The number of nitrogens with zero attached hydrogens (tertiary/aromatic N) is 2. The number of hydrogen-bond donors (Lipinski definition) is 0. The van der Waals surface area contributed by atoms with Gasteiger partial charge in [0.1, 0.15) is 9.84 Å². The zero-order chi connectivity index (χ0) is 13.2. The quantitative estimate of drug-likeness (QED) is 0.847. The van der Waals surface area contributed by atoms with Crippen molar-refractivity contribution in [2.75, 3.05) is 12.0 Å². The second-order valence-electron chi connectivity index (χ2n) is 4.49. The first-order chi connectivity index (χ1) is 8.44. The highest BCUT2D eigenvalue weighted by Gasteiger charge is 2.05. The monoisotopic (exact) mass is 264 g/mol. The highest BCUT2D eigenvalue weighted by molar-refractivity contribution is 7.90. The summed E-state index contributed by atoms with van der Waals surface area (Å²) in [5.41, 5.74) is 3.30. The Labute approximate surface area is 107 Å². The van der Waals surface area contributed by atoms with Crippen LogP contribution in [-0.4, -0.2) is 30.2 Å². The van der Waals surface area contributed by atoms with Crippen molar-refractivity contribution in [1.29, 1.82) is 0 Å². The maximum absolute atomic E-state index is 11.1. The van der Waals surface area contributed by atoms with Gasteiger partial charge in [-0.3, -0.25) is 4.68 Å². The molecule has 0 aliphatic rings. The van der Waals surface area contributed by atoms with Gasteiger partial charge < -0.3 is 0 Å². The van der Waals surface area contributed by atoms with Gasteiger partial charge in [0.15, 0.2) is 0 Å². The third kappa shape index (κ3) is 3.43. The molecule has 1 aromatic carbocycles. The largest absolute Gasteiger partial charge is 0.271 e. The molecule has 18 heavy (non-hydrogen) atoms. The fraction of sp³-hybridized carbons (Fsp3) is 0.308. The molecule has 4 nitrogen and oxygen atoms in total. The number of rotatable bonds is 4. The van der Waals surface area contributed by atoms with E-state index in [2.05, 4.69) is 11.2 Å². The summed E-state index contributed by atoms with van der Waals surface area (Å²) in [4.78, 5) is 0. The van der Waals surface area contributed by atoms with Crippen LogP contribution in [0, 0.1) is 6.92 Å². The van der Waals surface area contributed by atoms with Crippen LogP contribution in [0.25, 0.3) is 11.1 Å². The molecule has 0 atom stereocenters. The number of aryl methyl sites for hydroxylation is 2. The van der Waals surface area contributed by atoms with Crippen molar-refractivity contribution in [3.8, 4) is 11.1 Å². The summed E-state index contributed by atoms with van der Waals surface area (Å²) >= 11 is 0. The molecule has 0 saturated heterocycles. The van der Waals surface area contributed by atoms with E-state index in [1.165, 1.54) is 11.8 Å². The first kappa shape index (κ1) is 12.8. The lowest BCUT2D eigenvalue weighted by Crippen LogP contribution is -2.11. The minimum atomic E-state index is -2.95. The molecular formula is C13H16N2O2S. The molecule has 0 unspecified atom stereocenters. The van der Waals surface area contributed by atoms with E-state index in [4.69, 9.17) is 0 Å². The van der Waals surface area contributed by atoms with Gasteiger partial charge in [0.05, 0.1) is 18.5 Å². The van der Waals surface area contributed by atoms with E-state index in [-0.39, 0.29) is 5.75 Å². The Morgan fingerprint density at radius 3 is 2.72 bits per heavy atom. The Kier molecular flexibility index (Phi) is 3.52. The molecule has 0 spiro atoms. The Hall–Kier alpha value is -1.62. The number of benzene rings is 1. The van der Waals surface area contributed by atoms with Gasteiger partial charge in [0.25, 0.3) is 0 Å². The molecule has 2 rings (SSSR count). The van der Waals surface area contributed by atoms with Gasteiger partial charge in [-0.05, 0) is 12.5 Å². The highest BCUT2D eigenvalue weighted by Crippen LogP contribution is 2.19. The van der Waals surface area contributed by atoms with Crippen molar-refractivity contribution in [2.45, 2.75) is 13.5 Å². The van der Waals surface area contributed by atoms with Crippen LogP contribution in [0.5, 0.6) is 0 Å². The van der Waals surface area contributed by atoms with E-state index >= 15 is 0 Å². The maximum Gasteiger partial charge on any atom is 0.149 e. The highest BCUT2D eigenvalue weighted by atomic mass is 32.2.